The van der Waals surface area contributed by atoms with Gasteiger partial charge in [-0.25, -0.2) is 0 Å². The second-order valence-electron chi connectivity index (χ2n) is 6.76. The number of nitrogens with zero attached hydrogens (tertiary/aromatic N) is 1. The number of nitrogens with one attached hydrogen (secondary N) is 1. The summed E-state index contributed by atoms with van der Waals surface area (Å²) in [5, 5.41) is 14.3. The van der Waals surface area contributed by atoms with E-state index in [1.807, 2.05) is 6.07 Å². The number of amides is 2. The van der Waals surface area contributed by atoms with E-state index in [9.17, 15) is 19.5 Å². The summed E-state index contributed by atoms with van der Waals surface area (Å²) in [5.41, 5.74) is 0.702. The van der Waals surface area contributed by atoms with Gasteiger partial charge in [-0.05, 0) is 37.8 Å². The van der Waals surface area contributed by atoms with E-state index in [0.29, 0.717) is 15.5 Å². The number of aliphatic carboxylic acids is 1. The molecule has 2 amide bonds. The molecule has 0 spiro atoms. The molecule has 0 aromatic heterocycles. The molecule has 1 aromatic rings. The summed E-state index contributed by atoms with van der Waals surface area (Å²) in [4.78, 5) is 38.3. The van der Waals surface area contributed by atoms with Crippen molar-refractivity contribution in [3.63, 3.8) is 0 Å². The van der Waals surface area contributed by atoms with Crippen LogP contribution in [0.5, 0.6) is 0 Å². The summed E-state index contributed by atoms with van der Waals surface area (Å²) in [5.74, 6) is -2.08. The van der Waals surface area contributed by atoms with E-state index in [-0.39, 0.29) is 29.6 Å². The third-order valence-electron chi connectivity index (χ3n) is 4.59. The van der Waals surface area contributed by atoms with Crippen LogP contribution in [0.1, 0.15) is 19.4 Å². The number of carboxylic acids is 1. The number of thioether (sulfide) groups is 2. The normalized spacial score (nSPS) is 25.4. The number of hydrogen-bond donors (Lipinski definition) is 1. The Kier molecular flexibility index (Phi) is 7.61. The molecule has 1 N–H and O–H groups in total. The summed E-state index contributed by atoms with van der Waals surface area (Å²) in [6.07, 6.45) is 3.43. The van der Waals surface area contributed by atoms with Gasteiger partial charge < -0.3 is 20.1 Å². The number of fused-ring (bicyclic) bond motifs is 1. The summed E-state index contributed by atoms with van der Waals surface area (Å²) in [7, 11) is 0. The Labute approximate surface area is 199 Å². The molecule has 3 atom stereocenters. The van der Waals surface area contributed by atoms with Crippen molar-refractivity contribution in [2.24, 2.45) is 0 Å². The third-order valence-corrected chi connectivity index (χ3v) is 7.25. The van der Waals surface area contributed by atoms with Crippen LogP contribution in [-0.4, -0.2) is 51.1 Å². The van der Waals surface area contributed by atoms with Crippen molar-refractivity contribution in [1.29, 1.82) is 0 Å². The van der Waals surface area contributed by atoms with Gasteiger partial charge in [0.1, 0.15) is 11.4 Å². The topological polar surface area (TPSA) is 89.5 Å². The molecule has 144 valence electrons. The Morgan fingerprint density at radius 2 is 2.00 bits per heavy atom. The van der Waals surface area contributed by atoms with Crippen LogP contribution >= 0.6 is 35.1 Å². The van der Waals surface area contributed by atoms with Gasteiger partial charge >= 0.3 is 29.6 Å². The standard InChI is InChI=1S/C18H19ClN2O4S2.Na/c1-18(2)13(17(24)25)21-15(23)12(16(21)27-18)20-14(22)11(26-3)8-9-6-4-5-7-10(9)19;/h4-8,12-13,16H,1-3H3,(H,20,22)(H,24,25);/q;+1/p-1/b11-8-;/t12-,13+,16-;/m1./s1. The number of benzene rings is 1. The number of carbonyl (C=O) groups excluding carboxylic acids is 3. The molecule has 2 aliphatic rings. The average Bonchev–Trinajstić information content (AvgIpc) is 2.87. The molecule has 10 heteroatoms. The van der Waals surface area contributed by atoms with E-state index < -0.39 is 40.0 Å². The molecular weight excluding hydrogens is 431 g/mol. The number of β-lactam (4-membered cyclic amide) rings is 1. The molecule has 0 bridgehead atoms. The summed E-state index contributed by atoms with van der Waals surface area (Å²) >= 11 is 8.74. The van der Waals surface area contributed by atoms with Crippen molar-refractivity contribution in [3.8, 4) is 0 Å². The molecule has 0 aliphatic carbocycles. The van der Waals surface area contributed by atoms with Gasteiger partial charge in [-0.2, -0.15) is 0 Å². The van der Waals surface area contributed by atoms with Crippen molar-refractivity contribution >= 4 is 59.0 Å². The zero-order chi connectivity index (χ0) is 19.9. The second-order valence-corrected chi connectivity index (χ2v) is 9.79. The van der Waals surface area contributed by atoms with Crippen LogP contribution in [0.15, 0.2) is 29.2 Å². The van der Waals surface area contributed by atoms with Crippen LogP contribution in [0.4, 0.5) is 0 Å². The molecular formula is C18H18ClN2NaO4S2. The molecule has 0 saturated carbocycles. The Bertz CT molecular complexity index is 849. The number of halogens is 1. The van der Waals surface area contributed by atoms with Crippen LogP contribution in [0, 0.1) is 0 Å². The van der Waals surface area contributed by atoms with Crippen molar-refractivity contribution in [3.05, 3.63) is 39.8 Å². The van der Waals surface area contributed by atoms with Gasteiger partial charge in [0.15, 0.2) is 0 Å². The van der Waals surface area contributed by atoms with Gasteiger partial charge in [0.05, 0.1) is 16.9 Å². The van der Waals surface area contributed by atoms with E-state index in [1.54, 1.807) is 44.4 Å². The van der Waals surface area contributed by atoms with Crippen LogP contribution in [-0.2, 0) is 14.4 Å². The summed E-state index contributed by atoms with van der Waals surface area (Å²) < 4.78 is -0.686. The number of rotatable bonds is 5. The number of carbonyl (C=O) groups is 3. The van der Waals surface area contributed by atoms with E-state index >= 15 is 0 Å². The Balaban J connectivity index is 0.00000280. The zero-order valence-corrected chi connectivity index (χ0v) is 20.3. The predicted molar refractivity (Wildman–Crippen MR) is 106 cm³/mol. The first-order valence-corrected chi connectivity index (χ1v) is 10.7. The quantitative estimate of drug-likeness (QED) is 0.330. The van der Waals surface area contributed by atoms with Crippen LogP contribution < -0.4 is 40.0 Å². The fourth-order valence-corrected chi connectivity index (χ4v) is 5.59. The zero-order valence-electron chi connectivity index (χ0n) is 15.9. The molecule has 0 unspecified atom stereocenters. The first kappa shape index (κ1) is 23.6. The molecule has 2 fully saturated rings. The van der Waals surface area contributed by atoms with E-state index in [1.165, 1.54) is 28.4 Å². The van der Waals surface area contributed by atoms with E-state index in [2.05, 4.69) is 5.32 Å². The van der Waals surface area contributed by atoms with Gasteiger partial charge in [0.25, 0.3) is 5.91 Å². The smallest absolute Gasteiger partial charge is 0.548 e. The van der Waals surface area contributed by atoms with Crippen molar-refractivity contribution in [1.82, 2.24) is 10.2 Å². The number of hydrogen-bond acceptors (Lipinski definition) is 6. The molecule has 2 saturated heterocycles. The van der Waals surface area contributed by atoms with Crippen molar-refractivity contribution in [2.75, 3.05) is 6.26 Å². The Morgan fingerprint density at radius 3 is 2.57 bits per heavy atom. The maximum Gasteiger partial charge on any atom is 1.00 e. The fraction of sp³-hybridized carbons (Fsp3) is 0.389. The monoisotopic (exact) mass is 448 g/mol. The van der Waals surface area contributed by atoms with Crippen molar-refractivity contribution < 1.29 is 49.0 Å². The van der Waals surface area contributed by atoms with Gasteiger partial charge in [-0.15, -0.1) is 23.5 Å². The van der Waals surface area contributed by atoms with E-state index in [4.69, 9.17) is 11.6 Å². The Morgan fingerprint density at radius 1 is 1.36 bits per heavy atom. The average molecular weight is 449 g/mol. The molecule has 2 heterocycles. The minimum Gasteiger partial charge on any atom is -0.548 e. The van der Waals surface area contributed by atoms with Crippen LogP contribution in [0.2, 0.25) is 5.02 Å². The van der Waals surface area contributed by atoms with Gasteiger partial charge in [-0.3, -0.25) is 9.59 Å². The van der Waals surface area contributed by atoms with Gasteiger partial charge in [-0.1, -0.05) is 29.8 Å². The SMILES string of the molecule is CS/C(=C\c1ccccc1Cl)C(=O)N[C@@H]1C(=O)N2[C@@H]1SC(C)(C)[C@@H]2C(=O)[O-].[Na+]. The molecule has 6 nitrogen and oxygen atoms in total. The van der Waals surface area contributed by atoms with Crippen LogP contribution in [0.3, 0.4) is 0 Å². The van der Waals surface area contributed by atoms with Gasteiger partial charge in [0.2, 0.25) is 5.91 Å². The molecule has 2 aliphatic heterocycles. The second kappa shape index (κ2) is 9.02. The maximum atomic E-state index is 12.7. The Hall–Kier alpha value is -0.640. The largest absolute Gasteiger partial charge is 1.00 e. The minimum atomic E-state index is -1.28. The predicted octanol–water partition coefficient (Wildman–Crippen LogP) is -1.66. The van der Waals surface area contributed by atoms with Crippen LogP contribution in [0.25, 0.3) is 6.08 Å². The first-order chi connectivity index (χ1) is 12.7. The summed E-state index contributed by atoms with van der Waals surface area (Å²) in [6.45, 7) is 3.51. The third kappa shape index (κ3) is 4.27. The summed E-state index contributed by atoms with van der Waals surface area (Å²) in [6, 6.07) is 5.38. The molecule has 0 radical (unpaired) electrons. The maximum absolute atomic E-state index is 12.7. The van der Waals surface area contributed by atoms with E-state index in [0.717, 1.165) is 0 Å². The molecule has 28 heavy (non-hydrogen) atoms. The first-order valence-electron chi connectivity index (χ1n) is 8.19. The minimum absolute atomic E-state index is 0. The molecule has 1 aromatic carbocycles. The fourth-order valence-electron chi connectivity index (χ4n) is 3.29. The number of carboxylic acid groups (broad SMARTS) is 1. The van der Waals surface area contributed by atoms with Crippen molar-refractivity contribution in [2.45, 2.75) is 36.1 Å². The van der Waals surface area contributed by atoms with Gasteiger partial charge in [0, 0.05) is 9.77 Å². The molecule has 3 rings (SSSR count).